The molecule has 0 bridgehead atoms. The zero-order valence-electron chi connectivity index (χ0n) is 7.46. The molecule has 0 saturated carbocycles. The summed E-state index contributed by atoms with van der Waals surface area (Å²) in [6, 6.07) is 9.30. The highest BCUT2D eigenvalue weighted by molar-refractivity contribution is 6.30. The molecule has 3 heteroatoms. The van der Waals surface area contributed by atoms with Gasteiger partial charge < -0.3 is 5.32 Å². The molecular weight excluding hydrogens is 186 g/mol. The summed E-state index contributed by atoms with van der Waals surface area (Å²) in [6.45, 7) is 2.47. The van der Waals surface area contributed by atoms with Gasteiger partial charge in [-0.1, -0.05) is 30.3 Å². The van der Waals surface area contributed by atoms with Crippen molar-refractivity contribution in [3.8, 4) is 0 Å². The van der Waals surface area contributed by atoms with Crippen LogP contribution in [0, 0.1) is 0 Å². The van der Waals surface area contributed by atoms with Gasteiger partial charge >= 0.3 is 0 Å². The molecule has 1 unspecified atom stereocenters. The lowest BCUT2D eigenvalue weighted by atomic mass is 10.1. The first kappa shape index (κ1) is 10.1. The highest BCUT2D eigenvalue weighted by Gasteiger charge is 2.15. The standard InChI is InChI=1S/C10H12ClNO/c1-2-12-10(13)9(11)8-6-4-3-5-7-8/h3-7,9H,2H2,1H3,(H,12,13). The Hall–Kier alpha value is -1.02. The first-order valence-electron chi connectivity index (χ1n) is 4.22. The van der Waals surface area contributed by atoms with E-state index in [0.717, 1.165) is 5.56 Å². The number of amides is 1. The number of halogens is 1. The Morgan fingerprint density at radius 2 is 2.08 bits per heavy atom. The van der Waals surface area contributed by atoms with Crippen LogP contribution in [0.2, 0.25) is 0 Å². The first-order chi connectivity index (χ1) is 6.25. The molecule has 0 aliphatic carbocycles. The molecule has 13 heavy (non-hydrogen) atoms. The molecule has 0 aliphatic heterocycles. The van der Waals surface area contributed by atoms with Crippen LogP contribution in [0.5, 0.6) is 0 Å². The molecule has 70 valence electrons. The number of nitrogens with one attached hydrogen (secondary N) is 1. The minimum Gasteiger partial charge on any atom is -0.355 e. The molecule has 1 aromatic carbocycles. The second-order valence-corrected chi connectivity index (χ2v) is 3.10. The fourth-order valence-corrected chi connectivity index (χ4v) is 1.26. The fraction of sp³-hybridized carbons (Fsp3) is 0.300. The zero-order chi connectivity index (χ0) is 9.68. The van der Waals surface area contributed by atoms with Crippen molar-refractivity contribution in [2.45, 2.75) is 12.3 Å². The molecule has 0 aromatic heterocycles. The number of hydrogen-bond acceptors (Lipinski definition) is 1. The average Bonchev–Trinajstić information content (AvgIpc) is 2.18. The maximum Gasteiger partial charge on any atom is 0.242 e. The minimum absolute atomic E-state index is 0.143. The molecule has 0 aliphatic rings. The largest absolute Gasteiger partial charge is 0.355 e. The lowest BCUT2D eigenvalue weighted by molar-refractivity contribution is -0.120. The van der Waals surface area contributed by atoms with Gasteiger partial charge in [0, 0.05) is 6.54 Å². The summed E-state index contributed by atoms with van der Waals surface area (Å²) < 4.78 is 0. The van der Waals surface area contributed by atoms with Gasteiger partial charge in [0.05, 0.1) is 0 Å². The highest BCUT2D eigenvalue weighted by Crippen LogP contribution is 2.19. The number of carbonyl (C=O) groups excluding carboxylic acids is 1. The van der Waals surface area contributed by atoms with E-state index in [1.54, 1.807) is 0 Å². The molecule has 0 radical (unpaired) electrons. The maximum absolute atomic E-state index is 11.3. The molecule has 0 spiro atoms. The Bertz CT molecular complexity index is 274. The topological polar surface area (TPSA) is 29.1 Å². The van der Waals surface area contributed by atoms with E-state index in [1.807, 2.05) is 37.3 Å². The van der Waals surface area contributed by atoms with Gasteiger partial charge in [-0.25, -0.2) is 0 Å². The van der Waals surface area contributed by atoms with Crippen LogP contribution in [0.3, 0.4) is 0 Å². The van der Waals surface area contributed by atoms with Gasteiger partial charge in [-0.15, -0.1) is 11.6 Å². The van der Waals surface area contributed by atoms with Crippen molar-refractivity contribution in [3.63, 3.8) is 0 Å². The van der Waals surface area contributed by atoms with Gasteiger partial charge in [-0.2, -0.15) is 0 Å². The van der Waals surface area contributed by atoms with E-state index in [1.165, 1.54) is 0 Å². The lowest BCUT2D eigenvalue weighted by Crippen LogP contribution is -2.26. The second-order valence-electron chi connectivity index (χ2n) is 2.67. The van der Waals surface area contributed by atoms with Crippen molar-refractivity contribution in [2.75, 3.05) is 6.54 Å². The SMILES string of the molecule is CCNC(=O)C(Cl)c1ccccc1. The molecule has 0 fully saturated rings. The molecule has 1 N–H and O–H groups in total. The monoisotopic (exact) mass is 197 g/mol. The fourth-order valence-electron chi connectivity index (χ4n) is 1.04. The number of rotatable bonds is 3. The van der Waals surface area contributed by atoms with E-state index < -0.39 is 5.38 Å². The van der Waals surface area contributed by atoms with E-state index in [2.05, 4.69) is 5.32 Å². The van der Waals surface area contributed by atoms with Gasteiger partial charge in [-0.3, -0.25) is 4.79 Å². The maximum atomic E-state index is 11.3. The number of carbonyl (C=O) groups is 1. The predicted molar refractivity (Wildman–Crippen MR) is 53.7 cm³/mol. The van der Waals surface area contributed by atoms with E-state index in [0.29, 0.717) is 6.54 Å². The van der Waals surface area contributed by atoms with Gasteiger partial charge in [0.2, 0.25) is 5.91 Å². The van der Waals surface area contributed by atoms with Gasteiger partial charge in [-0.05, 0) is 12.5 Å². The third-order valence-electron chi connectivity index (χ3n) is 1.67. The molecule has 0 heterocycles. The van der Waals surface area contributed by atoms with Crippen molar-refractivity contribution < 1.29 is 4.79 Å². The first-order valence-corrected chi connectivity index (χ1v) is 4.66. The number of likely N-dealkylation sites (N-methyl/N-ethyl adjacent to an activating group) is 1. The second kappa shape index (κ2) is 4.87. The van der Waals surface area contributed by atoms with Crippen LogP contribution < -0.4 is 5.32 Å². The molecule has 1 rings (SSSR count). The van der Waals surface area contributed by atoms with Crippen molar-refractivity contribution in [2.24, 2.45) is 0 Å². The van der Waals surface area contributed by atoms with Crippen molar-refractivity contribution >= 4 is 17.5 Å². The third kappa shape index (κ3) is 2.74. The van der Waals surface area contributed by atoms with Crippen LogP contribution in [-0.4, -0.2) is 12.5 Å². The van der Waals surface area contributed by atoms with Crippen LogP contribution in [0.1, 0.15) is 17.9 Å². The van der Waals surface area contributed by atoms with E-state index in [-0.39, 0.29) is 5.91 Å². The zero-order valence-corrected chi connectivity index (χ0v) is 8.21. The average molecular weight is 198 g/mol. The van der Waals surface area contributed by atoms with E-state index >= 15 is 0 Å². The van der Waals surface area contributed by atoms with Crippen LogP contribution in [-0.2, 0) is 4.79 Å². The Morgan fingerprint density at radius 3 is 2.62 bits per heavy atom. The minimum atomic E-state index is -0.582. The summed E-state index contributed by atoms with van der Waals surface area (Å²) in [7, 11) is 0. The van der Waals surface area contributed by atoms with Gasteiger partial charge in [0.25, 0.3) is 0 Å². The summed E-state index contributed by atoms with van der Waals surface area (Å²) in [5, 5.41) is 2.09. The van der Waals surface area contributed by atoms with Crippen molar-refractivity contribution in [1.29, 1.82) is 0 Å². The quantitative estimate of drug-likeness (QED) is 0.739. The molecule has 1 atom stereocenters. The Balaban J connectivity index is 2.68. The van der Waals surface area contributed by atoms with E-state index in [9.17, 15) is 4.79 Å². The number of benzene rings is 1. The summed E-state index contributed by atoms with van der Waals surface area (Å²) in [5.74, 6) is -0.143. The van der Waals surface area contributed by atoms with Crippen LogP contribution >= 0.6 is 11.6 Å². The van der Waals surface area contributed by atoms with E-state index in [4.69, 9.17) is 11.6 Å². The lowest BCUT2D eigenvalue weighted by Gasteiger charge is -2.08. The van der Waals surface area contributed by atoms with Gasteiger partial charge in [0.15, 0.2) is 0 Å². The smallest absolute Gasteiger partial charge is 0.242 e. The summed E-state index contributed by atoms with van der Waals surface area (Å²) in [4.78, 5) is 11.3. The van der Waals surface area contributed by atoms with Crippen molar-refractivity contribution in [3.05, 3.63) is 35.9 Å². The Labute approximate surface area is 82.9 Å². The highest BCUT2D eigenvalue weighted by atomic mass is 35.5. The van der Waals surface area contributed by atoms with Crippen LogP contribution in [0.15, 0.2) is 30.3 Å². The van der Waals surface area contributed by atoms with Gasteiger partial charge in [0.1, 0.15) is 5.38 Å². The third-order valence-corrected chi connectivity index (χ3v) is 2.12. The van der Waals surface area contributed by atoms with Crippen molar-refractivity contribution in [1.82, 2.24) is 5.32 Å². The summed E-state index contributed by atoms with van der Waals surface area (Å²) >= 11 is 5.92. The molecule has 2 nitrogen and oxygen atoms in total. The predicted octanol–water partition coefficient (Wildman–Crippen LogP) is 2.10. The summed E-state index contributed by atoms with van der Waals surface area (Å²) in [5.41, 5.74) is 0.829. The Morgan fingerprint density at radius 1 is 1.46 bits per heavy atom. The van der Waals surface area contributed by atoms with Crippen LogP contribution in [0.25, 0.3) is 0 Å². The summed E-state index contributed by atoms with van der Waals surface area (Å²) in [6.07, 6.45) is 0. The molecule has 1 aromatic rings. The molecule has 0 saturated heterocycles. The van der Waals surface area contributed by atoms with Crippen LogP contribution in [0.4, 0.5) is 0 Å². The molecule has 1 amide bonds. The normalized spacial score (nSPS) is 12.2. The molecular formula is C10H12ClNO. The Kier molecular flexibility index (Phi) is 3.77. The number of hydrogen-bond donors (Lipinski definition) is 1. The number of alkyl halides is 1.